The Morgan fingerprint density at radius 3 is 1.83 bits per heavy atom. The highest BCUT2D eigenvalue weighted by atomic mass is 14.8. The SMILES string of the molecule is CCCCCCCCCCCCCCC=CC=CNCCCN. The molecule has 0 saturated heterocycles. The molecular formula is C21H42N2. The van der Waals surface area contributed by atoms with E-state index in [0.717, 1.165) is 19.5 Å². The lowest BCUT2D eigenvalue weighted by Crippen LogP contribution is -2.11. The van der Waals surface area contributed by atoms with Gasteiger partial charge in [-0.2, -0.15) is 0 Å². The highest BCUT2D eigenvalue weighted by Gasteiger charge is 1.92. The average Bonchev–Trinajstić information content (AvgIpc) is 2.57. The molecule has 0 aromatic heterocycles. The first-order valence-electron chi connectivity index (χ1n) is 10.2. The minimum atomic E-state index is 0.760. The van der Waals surface area contributed by atoms with Gasteiger partial charge in [-0.05, 0) is 38.1 Å². The Hall–Kier alpha value is -0.760. The molecule has 0 aliphatic heterocycles. The fraction of sp³-hybridized carbons (Fsp3) is 0.810. The Labute approximate surface area is 146 Å². The molecule has 2 heteroatoms. The van der Waals surface area contributed by atoms with E-state index in [-0.39, 0.29) is 0 Å². The monoisotopic (exact) mass is 322 g/mol. The van der Waals surface area contributed by atoms with Crippen molar-refractivity contribution in [2.75, 3.05) is 13.1 Å². The Morgan fingerprint density at radius 1 is 0.696 bits per heavy atom. The zero-order valence-electron chi connectivity index (χ0n) is 15.7. The van der Waals surface area contributed by atoms with E-state index in [1.54, 1.807) is 0 Å². The molecule has 0 spiro atoms. The predicted octanol–water partition coefficient (Wildman–Crippen LogP) is 6.09. The van der Waals surface area contributed by atoms with Crippen molar-refractivity contribution in [3.05, 3.63) is 24.4 Å². The molecule has 0 unspecified atom stereocenters. The third-order valence-corrected chi connectivity index (χ3v) is 4.21. The van der Waals surface area contributed by atoms with Crippen LogP contribution in [0.4, 0.5) is 0 Å². The smallest absolute Gasteiger partial charge is 0.0153 e. The second-order valence-electron chi connectivity index (χ2n) is 6.56. The molecule has 0 radical (unpaired) electrons. The molecule has 23 heavy (non-hydrogen) atoms. The summed E-state index contributed by atoms with van der Waals surface area (Å²) in [4.78, 5) is 0. The third kappa shape index (κ3) is 21.2. The lowest BCUT2D eigenvalue weighted by Gasteiger charge is -2.02. The van der Waals surface area contributed by atoms with Crippen LogP contribution < -0.4 is 11.1 Å². The van der Waals surface area contributed by atoms with Crippen molar-refractivity contribution in [1.29, 1.82) is 0 Å². The summed E-state index contributed by atoms with van der Waals surface area (Å²) in [7, 11) is 0. The molecule has 0 aromatic carbocycles. The van der Waals surface area contributed by atoms with Gasteiger partial charge < -0.3 is 11.1 Å². The number of nitrogens with one attached hydrogen (secondary N) is 1. The molecule has 0 aliphatic carbocycles. The Bertz CT molecular complexity index is 259. The van der Waals surface area contributed by atoms with Crippen LogP contribution in [0.15, 0.2) is 24.4 Å². The molecule has 0 rings (SSSR count). The number of rotatable bonds is 18. The van der Waals surface area contributed by atoms with E-state index in [1.807, 2.05) is 6.20 Å². The molecule has 0 saturated carbocycles. The normalized spacial score (nSPS) is 11.7. The second-order valence-corrected chi connectivity index (χ2v) is 6.56. The van der Waals surface area contributed by atoms with Crippen LogP contribution in [-0.2, 0) is 0 Å². The van der Waals surface area contributed by atoms with E-state index < -0.39 is 0 Å². The highest BCUT2D eigenvalue weighted by molar-refractivity contribution is 5.01. The first kappa shape index (κ1) is 22.2. The molecule has 136 valence electrons. The number of hydrogen-bond acceptors (Lipinski definition) is 2. The average molecular weight is 323 g/mol. The van der Waals surface area contributed by atoms with E-state index >= 15 is 0 Å². The van der Waals surface area contributed by atoms with Crippen LogP contribution in [-0.4, -0.2) is 13.1 Å². The maximum absolute atomic E-state index is 5.43. The fourth-order valence-corrected chi connectivity index (χ4v) is 2.69. The van der Waals surface area contributed by atoms with Crippen LogP contribution in [0, 0.1) is 0 Å². The maximum Gasteiger partial charge on any atom is 0.0153 e. The molecule has 0 amide bonds. The van der Waals surface area contributed by atoms with E-state index in [9.17, 15) is 0 Å². The minimum absolute atomic E-state index is 0.760. The number of hydrogen-bond donors (Lipinski definition) is 2. The van der Waals surface area contributed by atoms with Crippen molar-refractivity contribution in [3.8, 4) is 0 Å². The predicted molar refractivity (Wildman–Crippen MR) is 106 cm³/mol. The van der Waals surface area contributed by atoms with Gasteiger partial charge >= 0.3 is 0 Å². The second kappa shape index (κ2) is 21.2. The van der Waals surface area contributed by atoms with Crippen LogP contribution in [0.5, 0.6) is 0 Å². The molecule has 0 aliphatic rings. The minimum Gasteiger partial charge on any atom is -0.391 e. The van der Waals surface area contributed by atoms with Crippen LogP contribution in [0.3, 0.4) is 0 Å². The first-order chi connectivity index (χ1) is 11.4. The summed E-state index contributed by atoms with van der Waals surface area (Å²) in [6.07, 6.45) is 27.8. The first-order valence-corrected chi connectivity index (χ1v) is 10.2. The van der Waals surface area contributed by atoms with Crippen LogP contribution >= 0.6 is 0 Å². The molecule has 0 heterocycles. The Balaban J connectivity index is 3.10. The molecule has 0 aromatic rings. The van der Waals surface area contributed by atoms with E-state index in [2.05, 4.69) is 30.5 Å². The van der Waals surface area contributed by atoms with Gasteiger partial charge in [0.1, 0.15) is 0 Å². The summed E-state index contributed by atoms with van der Waals surface area (Å²) < 4.78 is 0. The topological polar surface area (TPSA) is 38.0 Å². The fourth-order valence-electron chi connectivity index (χ4n) is 2.69. The van der Waals surface area contributed by atoms with Gasteiger partial charge in [0.05, 0.1) is 0 Å². The van der Waals surface area contributed by atoms with Crippen molar-refractivity contribution in [2.24, 2.45) is 5.73 Å². The molecule has 0 fully saturated rings. The zero-order valence-corrected chi connectivity index (χ0v) is 15.7. The summed E-state index contributed by atoms with van der Waals surface area (Å²) in [5.41, 5.74) is 5.43. The van der Waals surface area contributed by atoms with E-state index in [0.29, 0.717) is 0 Å². The lowest BCUT2D eigenvalue weighted by molar-refractivity contribution is 0.545. The van der Waals surface area contributed by atoms with Crippen molar-refractivity contribution in [2.45, 2.75) is 96.8 Å². The molecular weight excluding hydrogens is 280 g/mol. The third-order valence-electron chi connectivity index (χ3n) is 4.21. The quantitative estimate of drug-likeness (QED) is 0.237. The zero-order chi connectivity index (χ0) is 16.8. The van der Waals surface area contributed by atoms with Crippen LogP contribution in [0.2, 0.25) is 0 Å². The van der Waals surface area contributed by atoms with Gasteiger partial charge in [-0.25, -0.2) is 0 Å². The summed E-state index contributed by atoms with van der Waals surface area (Å²) in [5, 5.41) is 3.22. The van der Waals surface area contributed by atoms with Crippen molar-refractivity contribution < 1.29 is 0 Å². The maximum atomic E-state index is 5.43. The van der Waals surface area contributed by atoms with Gasteiger partial charge in [0, 0.05) is 6.54 Å². The highest BCUT2D eigenvalue weighted by Crippen LogP contribution is 2.12. The van der Waals surface area contributed by atoms with E-state index in [1.165, 1.54) is 83.5 Å². The lowest BCUT2D eigenvalue weighted by atomic mass is 10.0. The van der Waals surface area contributed by atoms with Gasteiger partial charge in [0.25, 0.3) is 0 Å². The van der Waals surface area contributed by atoms with Gasteiger partial charge in [-0.1, -0.05) is 89.7 Å². The van der Waals surface area contributed by atoms with Crippen molar-refractivity contribution >= 4 is 0 Å². The summed E-state index contributed by atoms with van der Waals surface area (Å²) in [6.45, 7) is 4.02. The van der Waals surface area contributed by atoms with Gasteiger partial charge in [0.15, 0.2) is 0 Å². The summed E-state index contributed by atoms with van der Waals surface area (Å²) in [6, 6.07) is 0. The van der Waals surface area contributed by atoms with Crippen molar-refractivity contribution in [1.82, 2.24) is 5.32 Å². The van der Waals surface area contributed by atoms with E-state index in [4.69, 9.17) is 5.73 Å². The Kier molecular flexibility index (Phi) is 20.5. The molecule has 2 nitrogen and oxygen atoms in total. The Morgan fingerprint density at radius 2 is 1.26 bits per heavy atom. The molecule has 3 N–H and O–H groups in total. The van der Waals surface area contributed by atoms with Gasteiger partial charge in [-0.3, -0.25) is 0 Å². The molecule has 0 bridgehead atoms. The number of unbranched alkanes of at least 4 members (excludes halogenated alkanes) is 12. The number of nitrogens with two attached hydrogens (primary N) is 1. The van der Waals surface area contributed by atoms with Crippen molar-refractivity contribution in [3.63, 3.8) is 0 Å². The standard InChI is InChI=1S/C21H42N2/c1-2-3-4-5-6-7-8-9-10-11-12-13-14-15-16-17-20-23-21-18-19-22/h15-17,20,23H,2-14,18-19,21-22H2,1H3. The summed E-state index contributed by atoms with van der Waals surface area (Å²) in [5.74, 6) is 0. The van der Waals surface area contributed by atoms with Crippen LogP contribution in [0.1, 0.15) is 96.8 Å². The summed E-state index contributed by atoms with van der Waals surface area (Å²) >= 11 is 0. The van der Waals surface area contributed by atoms with Crippen LogP contribution in [0.25, 0.3) is 0 Å². The molecule has 0 atom stereocenters. The largest absolute Gasteiger partial charge is 0.391 e. The van der Waals surface area contributed by atoms with Gasteiger partial charge in [-0.15, -0.1) is 0 Å². The van der Waals surface area contributed by atoms with Gasteiger partial charge in [0.2, 0.25) is 0 Å². The number of allylic oxidation sites excluding steroid dienone is 3.